The first-order valence-electron chi connectivity index (χ1n) is 9.03. The van der Waals surface area contributed by atoms with Gasteiger partial charge in [0.15, 0.2) is 6.29 Å². The second kappa shape index (κ2) is 10.3. The molecule has 0 saturated heterocycles. The van der Waals surface area contributed by atoms with Crippen molar-refractivity contribution in [3.05, 3.63) is 30.0 Å². The molecule has 1 N–H and O–H groups in total. The van der Waals surface area contributed by atoms with Gasteiger partial charge in [0, 0.05) is 27.8 Å². The molecule has 0 fully saturated rings. The Hall–Kier alpha value is -1.75. The highest BCUT2D eigenvalue weighted by Gasteiger charge is 2.11. The molecule has 5 heteroatoms. The maximum atomic E-state index is 12.0. The van der Waals surface area contributed by atoms with E-state index in [1.54, 1.807) is 11.8 Å². The summed E-state index contributed by atoms with van der Waals surface area (Å²) in [6.07, 6.45) is 7.64. The molecule has 1 atom stereocenters. The zero-order valence-electron chi connectivity index (χ0n) is 15.0. The van der Waals surface area contributed by atoms with Crippen molar-refractivity contribution < 1.29 is 14.3 Å². The number of nitrogens with one attached hydrogen (secondary N) is 1. The van der Waals surface area contributed by atoms with Gasteiger partial charge >= 0.3 is 5.97 Å². The molecule has 1 aromatic heterocycles. The van der Waals surface area contributed by atoms with Crippen LogP contribution in [0, 0.1) is 5.92 Å². The van der Waals surface area contributed by atoms with Gasteiger partial charge in [-0.2, -0.15) is 0 Å². The normalized spacial score (nSPS) is 12.2. The molecule has 136 valence electrons. The number of unbranched alkanes of at least 4 members (excludes halogenated alkanes) is 1. The molecule has 0 bridgehead atoms. The Balaban J connectivity index is 1.80. The number of carbonyl (C=O) groups excluding carboxylic acids is 2. The van der Waals surface area contributed by atoms with Crippen LogP contribution >= 0.6 is 11.8 Å². The summed E-state index contributed by atoms with van der Waals surface area (Å²) >= 11 is 1.61. The summed E-state index contributed by atoms with van der Waals surface area (Å²) in [5.74, 6) is 1.01. The molecule has 0 spiro atoms. The van der Waals surface area contributed by atoms with Gasteiger partial charge < -0.3 is 9.72 Å². The first-order chi connectivity index (χ1) is 12.2. The summed E-state index contributed by atoms with van der Waals surface area (Å²) in [6.45, 7) is 4.86. The average Bonchev–Trinajstić information content (AvgIpc) is 3.12. The van der Waals surface area contributed by atoms with Crippen LogP contribution in [-0.4, -0.2) is 29.6 Å². The molecule has 0 aliphatic carbocycles. The predicted molar refractivity (Wildman–Crippen MR) is 103 cm³/mol. The molecule has 0 aliphatic heterocycles. The van der Waals surface area contributed by atoms with E-state index in [4.69, 9.17) is 4.74 Å². The van der Waals surface area contributed by atoms with Crippen LogP contribution in [0.25, 0.3) is 10.9 Å². The number of thioether (sulfide) groups is 1. The van der Waals surface area contributed by atoms with Gasteiger partial charge in [-0.1, -0.05) is 33.1 Å². The molecule has 1 unspecified atom stereocenters. The number of hydrogen-bond acceptors (Lipinski definition) is 4. The van der Waals surface area contributed by atoms with Crippen molar-refractivity contribution in [2.75, 3.05) is 12.4 Å². The largest absolute Gasteiger partial charge is 0.465 e. The molecule has 0 amide bonds. The second-order valence-electron chi connectivity index (χ2n) is 6.24. The van der Waals surface area contributed by atoms with Crippen molar-refractivity contribution in [1.29, 1.82) is 0 Å². The van der Waals surface area contributed by atoms with Crippen LogP contribution in [0.15, 0.2) is 29.3 Å². The minimum absolute atomic E-state index is 0.130. The minimum Gasteiger partial charge on any atom is -0.465 e. The molecule has 1 aromatic carbocycles. The van der Waals surface area contributed by atoms with E-state index in [0.717, 1.165) is 34.9 Å². The van der Waals surface area contributed by atoms with Crippen molar-refractivity contribution in [1.82, 2.24) is 4.98 Å². The summed E-state index contributed by atoms with van der Waals surface area (Å²) in [5, 5.41) is 0.921. The number of aromatic nitrogens is 1. The van der Waals surface area contributed by atoms with E-state index >= 15 is 0 Å². The number of hydrogen-bond donors (Lipinski definition) is 1. The Labute approximate surface area is 153 Å². The van der Waals surface area contributed by atoms with Crippen LogP contribution in [0.4, 0.5) is 0 Å². The van der Waals surface area contributed by atoms with Gasteiger partial charge in [-0.3, -0.25) is 9.59 Å². The Morgan fingerprint density at radius 2 is 2.16 bits per heavy atom. The fourth-order valence-electron chi connectivity index (χ4n) is 2.80. The van der Waals surface area contributed by atoms with Crippen molar-refractivity contribution in [2.45, 2.75) is 50.8 Å². The molecule has 4 nitrogen and oxygen atoms in total. The van der Waals surface area contributed by atoms with Crippen molar-refractivity contribution in [3.63, 3.8) is 0 Å². The lowest BCUT2D eigenvalue weighted by atomic mass is 10.0. The molecule has 2 rings (SSSR count). The van der Waals surface area contributed by atoms with Gasteiger partial charge in [0.2, 0.25) is 0 Å². The third kappa shape index (κ3) is 5.63. The van der Waals surface area contributed by atoms with E-state index in [1.165, 1.54) is 12.8 Å². The fourth-order valence-corrected chi connectivity index (χ4v) is 3.77. The molecular formula is C20H27NO3S. The van der Waals surface area contributed by atoms with Gasteiger partial charge in [-0.15, -0.1) is 11.8 Å². The molecule has 2 aromatic rings. The predicted octanol–water partition coefficient (Wildman–Crippen LogP) is 5.22. The average molecular weight is 362 g/mol. The van der Waals surface area contributed by atoms with Gasteiger partial charge in [-0.25, -0.2) is 0 Å². The van der Waals surface area contributed by atoms with Crippen molar-refractivity contribution in [3.8, 4) is 0 Å². The van der Waals surface area contributed by atoms with E-state index in [0.29, 0.717) is 30.3 Å². The van der Waals surface area contributed by atoms with E-state index in [1.807, 2.05) is 24.4 Å². The highest BCUT2D eigenvalue weighted by atomic mass is 32.2. The van der Waals surface area contributed by atoms with Crippen molar-refractivity contribution >= 4 is 34.9 Å². The van der Waals surface area contributed by atoms with Crippen LogP contribution in [0.5, 0.6) is 0 Å². The summed E-state index contributed by atoms with van der Waals surface area (Å²) in [5.41, 5.74) is 1.63. The third-order valence-corrected chi connectivity index (χ3v) is 5.49. The standard InChI is InChI=1S/C20H27NO3S/c1-3-5-6-15(4-2)14-24-19(23)10-12-25-18-8-7-16(13-22)17-9-11-21-20(17)18/h7-9,11,13,15,21H,3-6,10,12,14H2,1-2H3. The third-order valence-electron chi connectivity index (χ3n) is 4.43. The topological polar surface area (TPSA) is 59.2 Å². The summed E-state index contributed by atoms with van der Waals surface area (Å²) in [7, 11) is 0. The van der Waals surface area contributed by atoms with Gasteiger partial charge in [0.05, 0.1) is 18.5 Å². The number of benzene rings is 1. The number of carbonyl (C=O) groups is 2. The number of H-pyrrole nitrogens is 1. The van der Waals surface area contributed by atoms with Crippen LogP contribution in [0.2, 0.25) is 0 Å². The highest BCUT2D eigenvalue weighted by molar-refractivity contribution is 7.99. The first kappa shape index (κ1) is 19.6. The fraction of sp³-hybridized carbons (Fsp3) is 0.500. The highest BCUT2D eigenvalue weighted by Crippen LogP contribution is 2.29. The quantitative estimate of drug-likeness (QED) is 0.338. The Bertz CT molecular complexity index is 695. The lowest BCUT2D eigenvalue weighted by Crippen LogP contribution is -2.14. The van der Waals surface area contributed by atoms with E-state index in [2.05, 4.69) is 18.8 Å². The second-order valence-corrected chi connectivity index (χ2v) is 7.37. The van der Waals surface area contributed by atoms with Gasteiger partial charge in [-0.05, 0) is 30.5 Å². The lowest BCUT2D eigenvalue weighted by Gasteiger charge is -2.14. The summed E-state index contributed by atoms with van der Waals surface area (Å²) < 4.78 is 5.43. The van der Waals surface area contributed by atoms with Crippen LogP contribution < -0.4 is 0 Å². The number of rotatable bonds is 11. The molecule has 0 saturated carbocycles. The maximum Gasteiger partial charge on any atom is 0.306 e. The van der Waals surface area contributed by atoms with E-state index in [-0.39, 0.29) is 5.97 Å². The van der Waals surface area contributed by atoms with Crippen LogP contribution in [0.1, 0.15) is 56.3 Å². The van der Waals surface area contributed by atoms with Crippen molar-refractivity contribution in [2.24, 2.45) is 5.92 Å². The number of fused-ring (bicyclic) bond motifs is 1. The smallest absolute Gasteiger partial charge is 0.306 e. The molecule has 25 heavy (non-hydrogen) atoms. The Kier molecular flexibility index (Phi) is 8.06. The zero-order chi connectivity index (χ0) is 18.1. The Morgan fingerprint density at radius 1 is 1.32 bits per heavy atom. The maximum absolute atomic E-state index is 12.0. The van der Waals surface area contributed by atoms with Gasteiger partial charge in [0.25, 0.3) is 0 Å². The molecule has 0 radical (unpaired) electrons. The Morgan fingerprint density at radius 3 is 2.88 bits per heavy atom. The number of aromatic amines is 1. The molecule has 0 aliphatic rings. The minimum atomic E-state index is -0.130. The monoisotopic (exact) mass is 361 g/mol. The number of ether oxygens (including phenoxy) is 1. The van der Waals surface area contributed by atoms with Gasteiger partial charge in [0.1, 0.15) is 0 Å². The number of esters is 1. The SMILES string of the molecule is CCCCC(CC)COC(=O)CCSc1ccc(C=O)c2cc[nH]c12. The summed E-state index contributed by atoms with van der Waals surface area (Å²) in [4.78, 5) is 27.2. The van der Waals surface area contributed by atoms with Crippen LogP contribution in [0.3, 0.4) is 0 Å². The zero-order valence-corrected chi connectivity index (χ0v) is 15.9. The first-order valence-corrected chi connectivity index (χ1v) is 10.0. The molecular weight excluding hydrogens is 334 g/mol. The lowest BCUT2D eigenvalue weighted by molar-refractivity contribution is -0.144. The van der Waals surface area contributed by atoms with Crippen LogP contribution in [-0.2, 0) is 9.53 Å². The van der Waals surface area contributed by atoms with E-state index in [9.17, 15) is 9.59 Å². The molecule has 1 heterocycles. The van der Waals surface area contributed by atoms with E-state index < -0.39 is 0 Å². The summed E-state index contributed by atoms with van der Waals surface area (Å²) in [6, 6.07) is 5.65. The number of aldehydes is 1.